The summed E-state index contributed by atoms with van der Waals surface area (Å²) < 4.78 is 0. The minimum atomic E-state index is -1.01. The van der Waals surface area contributed by atoms with Gasteiger partial charge in [0.2, 0.25) is 0 Å². The standard InChI is InChI=1S/C15H19N3O2S/c1-10(17-15(19)20)11-4-6-12(7-5-11)14-13(8-18(2)3)16-9-21-14/h4-7,9-10,17H,8H2,1-3H3,(H,19,20). The number of thiazole rings is 1. The van der Waals surface area contributed by atoms with Crippen LogP contribution in [0.15, 0.2) is 29.8 Å². The minimum absolute atomic E-state index is 0.223. The summed E-state index contributed by atoms with van der Waals surface area (Å²) in [7, 11) is 4.04. The van der Waals surface area contributed by atoms with Crippen molar-refractivity contribution in [1.29, 1.82) is 0 Å². The Labute approximate surface area is 128 Å². The van der Waals surface area contributed by atoms with Gasteiger partial charge in [0.05, 0.1) is 22.1 Å². The third-order valence-electron chi connectivity index (χ3n) is 3.12. The first kappa shape index (κ1) is 15.5. The highest BCUT2D eigenvalue weighted by Crippen LogP contribution is 2.29. The summed E-state index contributed by atoms with van der Waals surface area (Å²) in [4.78, 5) is 18.3. The number of hydrogen-bond donors (Lipinski definition) is 2. The highest BCUT2D eigenvalue weighted by Gasteiger charge is 2.11. The zero-order valence-corrected chi connectivity index (χ0v) is 13.1. The molecule has 1 aromatic carbocycles. The van der Waals surface area contributed by atoms with Gasteiger partial charge in [0.15, 0.2) is 0 Å². The Kier molecular flexibility index (Phi) is 4.93. The van der Waals surface area contributed by atoms with E-state index >= 15 is 0 Å². The van der Waals surface area contributed by atoms with Crippen LogP contribution in [0.2, 0.25) is 0 Å². The molecule has 0 saturated heterocycles. The van der Waals surface area contributed by atoms with Gasteiger partial charge in [0.1, 0.15) is 0 Å². The van der Waals surface area contributed by atoms with E-state index in [2.05, 4.69) is 15.2 Å². The molecule has 0 aliphatic heterocycles. The van der Waals surface area contributed by atoms with E-state index in [0.717, 1.165) is 28.2 Å². The second-order valence-electron chi connectivity index (χ2n) is 5.16. The van der Waals surface area contributed by atoms with Gasteiger partial charge in [0.25, 0.3) is 0 Å². The number of carboxylic acid groups (broad SMARTS) is 1. The van der Waals surface area contributed by atoms with Crippen LogP contribution in [-0.4, -0.2) is 35.2 Å². The van der Waals surface area contributed by atoms with Crippen LogP contribution in [0.3, 0.4) is 0 Å². The molecule has 0 bridgehead atoms. The molecule has 0 aliphatic rings. The van der Waals surface area contributed by atoms with Crippen molar-refractivity contribution >= 4 is 17.4 Å². The molecule has 112 valence electrons. The number of aromatic nitrogens is 1. The smallest absolute Gasteiger partial charge is 0.405 e. The number of carbonyl (C=O) groups is 1. The predicted molar refractivity (Wildman–Crippen MR) is 84.5 cm³/mol. The van der Waals surface area contributed by atoms with Crippen molar-refractivity contribution in [3.63, 3.8) is 0 Å². The maximum absolute atomic E-state index is 10.7. The van der Waals surface area contributed by atoms with Crippen LogP contribution >= 0.6 is 11.3 Å². The third-order valence-corrected chi connectivity index (χ3v) is 4.04. The van der Waals surface area contributed by atoms with Crippen LogP contribution in [0, 0.1) is 0 Å². The summed E-state index contributed by atoms with van der Waals surface area (Å²) in [5.41, 5.74) is 4.98. The molecule has 2 aromatic rings. The molecule has 0 aliphatic carbocycles. The average molecular weight is 305 g/mol. The molecular formula is C15H19N3O2S. The lowest BCUT2D eigenvalue weighted by Crippen LogP contribution is -2.24. The van der Waals surface area contributed by atoms with Crippen molar-refractivity contribution in [2.24, 2.45) is 0 Å². The van der Waals surface area contributed by atoms with E-state index in [1.54, 1.807) is 11.3 Å². The summed E-state index contributed by atoms with van der Waals surface area (Å²) >= 11 is 1.62. The largest absolute Gasteiger partial charge is 0.465 e. The molecule has 0 radical (unpaired) electrons. The molecule has 0 spiro atoms. The second-order valence-corrected chi connectivity index (χ2v) is 6.01. The number of rotatable bonds is 5. The molecule has 1 aromatic heterocycles. The van der Waals surface area contributed by atoms with Crippen LogP contribution in [0.4, 0.5) is 4.79 Å². The number of hydrogen-bond acceptors (Lipinski definition) is 4. The lowest BCUT2D eigenvalue weighted by molar-refractivity contribution is 0.191. The van der Waals surface area contributed by atoms with Crippen molar-refractivity contribution in [2.45, 2.75) is 19.5 Å². The summed E-state index contributed by atoms with van der Waals surface area (Å²) in [6.07, 6.45) is -1.01. The molecule has 1 atom stereocenters. The molecule has 1 unspecified atom stereocenters. The van der Waals surface area contributed by atoms with E-state index in [0.29, 0.717) is 0 Å². The minimum Gasteiger partial charge on any atom is -0.465 e. The van der Waals surface area contributed by atoms with Gasteiger partial charge in [0, 0.05) is 6.54 Å². The Morgan fingerprint density at radius 2 is 2.05 bits per heavy atom. The van der Waals surface area contributed by atoms with Gasteiger partial charge in [-0.25, -0.2) is 9.78 Å². The topological polar surface area (TPSA) is 65.5 Å². The van der Waals surface area contributed by atoms with Gasteiger partial charge in [-0.2, -0.15) is 0 Å². The zero-order chi connectivity index (χ0) is 15.4. The van der Waals surface area contributed by atoms with Gasteiger partial charge < -0.3 is 15.3 Å². The van der Waals surface area contributed by atoms with Crippen molar-refractivity contribution in [3.05, 3.63) is 41.0 Å². The zero-order valence-electron chi connectivity index (χ0n) is 12.3. The van der Waals surface area contributed by atoms with Crippen LogP contribution in [0.25, 0.3) is 10.4 Å². The Hall–Kier alpha value is -1.92. The van der Waals surface area contributed by atoms with E-state index < -0.39 is 6.09 Å². The normalized spacial score (nSPS) is 12.4. The molecule has 0 fully saturated rings. The van der Waals surface area contributed by atoms with Gasteiger partial charge in [-0.05, 0) is 32.1 Å². The van der Waals surface area contributed by atoms with Crippen molar-refractivity contribution in [3.8, 4) is 10.4 Å². The van der Waals surface area contributed by atoms with Crippen LogP contribution in [0.1, 0.15) is 24.2 Å². The first-order valence-electron chi connectivity index (χ1n) is 6.64. The van der Waals surface area contributed by atoms with E-state index in [1.807, 2.05) is 50.8 Å². The van der Waals surface area contributed by atoms with Crippen molar-refractivity contribution in [2.75, 3.05) is 14.1 Å². The quantitative estimate of drug-likeness (QED) is 0.890. The monoisotopic (exact) mass is 305 g/mol. The Bertz CT molecular complexity index is 608. The second kappa shape index (κ2) is 6.69. The number of benzene rings is 1. The fourth-order valence-electron chi connectivity index (χ4n) is 2.11. The third kappa shape index (κ3) is 4.03. The molecule has 5 nitrogen and oxygen atoms in total. The van der Waals surface area contributed by atoms with E-state index in [-0.39, 0.29) is 6.04 Å². The summed E-state index contributed by atoms with van der Waals surface area (Å²) in [5, 5.41) is 11.2. The molecule has 1 amide bonds. The number of nitrogens with zero attached hydrogens (tertiary/aromatic N) is 2. The first-order valence-corrected chi connectivity index (χ1v) is 7.52. The fourth-order valence-corrected chi connectivity index (χ4v) is 2.92. The fraction of sp³-hybridized carbons (Fsp3) is 0.333. The van der Waals surface area contributed by atoms with E-state index in [1.165, 1.54) is 0 Å². The first-order chi connectivity index (χ1) is 9.97. The molecular weight excluding hydrogens is 286 g/mol. The average Bonchev–Trinajstić information content (AvgIpc) is 2.85. The SMILES string of the molecule is CC(NC(=O)O)c1ccc(-c2scnc2CN(C)C)cc1. The maximum atomic E-state index is 10.7. The molecule has 0 saturated carbocycles. The lowest BCUT2D eigenvalue weighted by Gasteiger charge is -2.13. The Morgan fingerprint density at radius 3 is 2.62 bits per heavy atom. The molecule has 1 heterocycles. The number of nitrogens with one attached hydrogen (secondary N) is 1. The summed E-state index contributed by atoms with van der Waals surface area (Å²) in [6, 6.07) is 7.72. The van der Waals surface area contributed by atoms with Crippen LogP contribution in [-0.2, 0) is 6.54 Å². The van der Waals surface area contributed by atoms with Crippen LogP contribution < -0.4 is 5.32 Å². The summed E-state index contributed by atoms with van der Waals surface area (Å²) in [5.74, 6) is 0. The van der Waals surface area contributed by atoms with E-state index in [4.69, 9.17) is 5.11 Å². The Morgan fingerprint density at radius 1 is 1.38 bits per heavy atom. The highest BCUT2D eigenvalue weighted by molar-refractivity contribution is 7.13. The van der Waals surface area contributed by atoms with Crippen LogP contribution in [0.5, 0.6) is 0 Å². The van der Waals surface area contributed by atoms with Crippen molar-refractivity contribution in [1.82, 2.24) is 15.2 Å². The molecule has 2 N–H and O–H groups in total. The van der Waals surface area contributed by atoms with Gasteiger partial charge in [-0.1, -0.05) is 24.3 Å². The Balaban J connectivity index is 2.19. The molecule has 21 heavy (non-hydrogen) atoms. The maximum Gasteiger partial charge on any atom is 0.405 e. The van der Waals surface area contributed by atoms with Gasteiger partial charge in [-0.3, -0.25) is 0 Å². The highest BCUT2D eigenvalue weighted by atomic mass is 32.1. The summed E-state index contributed by atoms with van der Waals surface area (Å²) in [6.45, 7) is 2.63. The van der Waals surface area contributed by atoms with Gasteiger partial charge >= 0.3 is 6.09 Å². The molecule has 2 rings (SSSR count). The number of amides is 1. The predicted octanol–water partition coefficient (Wildman–Crippen LogP) is 3.20. The molecule has 6 heteroatoms. The van der Waals surface area contributed by atoms with Crippen molar-refractivity contribution < 1.29 is 9.90 Å². The van der Waals surface area contributed by atoms with Gasteiger partial charge in [-0.15, -0.1) is 11.3 Å². The lowest BCUT2D eigenvalue weighted by atomic mass is 10.0. The van der Waals surface area contributed by atoms with E-state index in [9.17, 15) is 4.79 Å².